The number of benzene rings is 2. The van der Waals surface area contributed by atoms with Gasteiger partial charge in [-0.1, -0.05) is 56.5 Å². The molecule has 3 nitrogen and oxygen atoms in total. The number of hydrogen-bond acceptors (Lipinski definition) is 2. The average Bonchev–Trinajstić information content (AvgIpc) is 3.17. The average molecular weight is 382 g/mol. The van der Waals surface area contributed by atoms with E-state index in [4.69, 9.17) is 4.74 Å². The van der Waals surface area contributed by atoms with E-state index in [0.29, 0.717) is 0 Å². The van der Waals surface area contributed by atoms with E-state index < -0.39 is 11.2 Å². The van der Waals surface area contributed by atoms with Crippen LogP contribution in [-0.4, -0.2) is 15.7 Å². The quantitative estimate of drug-likeness (QED) is 0.392. The second kappa shape index (κ2) is 7.61. The first kappa shape index (κ1) is 18.5. The van der Waals surface area contributed by atoms with Crippen LogP contribution in [0.1, 0.15) is 45.1 Å². The van der Waals surface area contributed by atoms with Gasteiger partial charge < -0.3 is 9.29 Å². The Morgan fingerprint density at radius 1 is 1.07 bits per heavy atom. The predicted octanol–water partition coefficient (Wildman–Crippen LogP) is 5.64. The Morgan fingerprint density at radius 3 is 2.67 bits per heavy atom. The van der Waals surface area contributed by atoms with Gasteiger partial charge in [0.1, 0.15) is 5.75 Å². The second-order valence-corrected chi connectivity index (χ2v) is 9.42. The topological polar surface area (TPSA) is 37.2 Å². The van der Waals surface area contributed by atoms with Crippen molar-refractivity contribution < 1.29 is 9.29 Å². The highest BCUT2D eigenvalue weighted by Gasteiger charge is 2.49. The Kier molecular flexibility index (Phi) is 5.20. The van der Waals surface area contributed by atoms with Gasteiger partial charge in [0.25, 0.3) is 0 Å². The van der Waals surface area contributed by atoms with Gasteiger partial charge in [-0.05, 0) is 25.5 Å². The molecule has 0 aliphatic carbocycles. The second-order valence-electron chi connectivity index (χ2n) is 7.56. The van der Waals surface area contributed by atoms with Crippen LogP contribution >= 0.6 is 0 Å². The predicted molar refractivity (Wildman–Crippen MR) is 112 cm³/mol. The third-order valence-electron chi connectivity index (χ3n) is 5.55. The van der Waals surface area contributed by atoms with Crippen LogP contribution in [0.25, 0.3) is 10.9 Å². The molecule has 2 heterocycles. The summed E-state index contributed by atoms with van der Waals surface area (Å²) >= 11 is -1.08. The van der Waals surface area contributed by atoms with Gasteiger partial charge in [0, 0.05) is 34.3 Å². The number of rotatable bonds is 7. The molecule has 1 aliphatic rings. The molecule has 0 radical (unpaired) electrons. The van der Waals surface area contributed by atoms with E-state index in [-0.39, 0.29) is 4.75 Å². The molecule has 0 N–H and O–H groups in total. The van der Waals surface area contributed by atoms with Gasteiger partial charge in [-0.3, -0.25) is 4.57 Å². The van der Waals surface area contributed by atoms with Crippen LogP contribution in [0, 0.1) is 0 Å². The van der Waals surface area contributed by atoms with E-state index in [0.717, 1.165) is 46.8 Å². The van der Waals surface area contributed by atoms with Crippen molar-refractivity contribution in [3.63, 3.8) is 0 Å². The lowest BCUT2D eigenvalue weighted by Crippen LogP contribution is -2.30. The van der Waals surface area contributed by atoms with E-state index >= 15 is 0 Å². The van der Waals surface area contributed by atoms with Crippen LogP contribution in [-0.2, 0) is 22.5 Å². The number of aromatic nitrogens is 1. The summed E-state index contributed by atoms with van der Waals surface area (Å²) in [7, 11) is 0. The third kappa shape index (κ3) is 3.37. The van der Waals surface area contributed by atoms with Crippen LogP contribution in [0.3, 0.4) is 0 Å². The molecule has 2 aromatic carbocycles. The lowest BCUT2D eigenvalue weighted by Gasteiger charge is -2.24. The number of ether oxygens (including phenoxy) is 1. The van der Waals surface area contributed by atoms with Crippen molar-refractivity contribution in [2.75, 3.05) is 6.61 Å². The maximum Gasteiger partial charge on any atom is 0.227 e. The Bertz CT molecular complexity index is 921. The molecule has 2 atom stereocenters. The highest BCUT2D eigenvalue weighted by atomic mass is 32.2. The first-order valence-electron chi connectivity index (χ1n) is 9.87. The number of nitrogens with zero attached hydrogens (tertiary/aromatic N) is 1. The molecule has 0 amide bonds. The molecule has 27 heavy (non-hydrogen) atoms. The summed E-state index contributed by atoms with van der Waals surface area (Å²) < 4.78 is 21.1. The SMILES string of the molecule is CCCCCCOc1ccc2cc3n(c2c1)CC(C)(c1ccccc1)[S+]3[O-]. The van der Waals surface area contributed by atoms with Gasteiger partial charge in [0.05, 0.1) is 18.7 Å². The summed E-state index contributed by atoms with van der Waals surface area (Å²) in [6.07, 6.45) is 4.81. The van der Waals surface area contributed by atoms with E-state index in [1.165, 1.54) is 19.3 Å². The Balaban J connectivity index is 1.58. The maximum atomic E-state index is 13.3. The van der Waals surface area contributed by atoms with Crippen molar-refractivity contribution in [1.29, 1.82) is 0 Å². The number of fused-ring (bicyclic) bond motifs is 3. The first-order chi connectivity index (χ1) is 13.1. The summed E-state index contributed by atoms with van der Waals surface area (Å²) in [5.41, 5.74) is 2.24. The lowest BCUT2D eigenvalue weighted by molar-refractivity contribution is 0.305. The summed E-state index contributed by atoms with van der Waals surface area (Å²) in [6.45, 7) is 5.80. The molecule has 0 fully saturated rings. The molecule has 4 heteroatoms. The summed E-state index contributed by atoms with van der Waals surface area (Å²) in [5, 5.41) is 2.04. The minimum atomic E-state index is -1.08. The molecule has 0 saturated carbocycles. The minimum Gasteiger partial charge on any atom is -0.610 e. The lowest BCUT2D eigenvalue weighted by atomic mass is 10.0. The molecule has 3 aromatic rings. The summed E-state index contributed by atoms with van der Waals surface area (Å²) in [5.74, 6) is 0.902. The Labute approximate surface area is 164 Å². The largest absolute Gasteiger partial charge is 0.610 e. The van der Waals surface area contributed by atoms with E-state index in [9.17, 15) is 4.55 Å². The van der Waals surface area contributed by atoms with Gasteiger partial charge in [-0.25, -0.2) is 0 Å². The Morgan fingerprint density at radius 2 is 1.89 bits per heavy atom. The fraction of sp³-hybridized carbons (Fsp3) is 0.391. The van der Waals surface area contributed by atoms with Gasteiger partial charge in [0.2, 0.25) is 5.03 Å². The Hall–Kier alpha value is -1.91. The van der Waals surface area contributed by atoms with Crippen LogP contribution in [0.2, 0.25) is 0 Å². The van der Waals surface area contributed by atoms with Crippen molar-refractivity contribution in [3.05, 3.63) is 60.2 Å². The number of hydrogen-bond donors (Lipinski definition) is 0. The van der Waals surface area contributed by atoms with Crippen molar-refractivity contribution >= 4 is 22.1 Å². The van der Waals surface area contributed by atoms with Crippen LogP contribution < -0.4 is 4.74 Å². The highest BCUT2D eigenvalue weighted by Crippen LogP contribution is 2.45. The highest BCUT2D eigenvalue weighted by molar-refractivity contribution is 7.92. The zero-order chi connectivity index (χ0) is 18.9. The van der Waals surface area contributed by atoms with Gasteiger partial charge >= 0.3 is 0 Å². The fourth-order valence-electron chi connectivity index (χ4n) is 3.91. The van der Waals surface area contributed by atoms with Crippen molar-refractivity contribution in [1.82, 2.24) is 4.57 Å². The first-order valence-corrected chi connectivity index (χ1v) is 11.0. The van der Waals surface area contributed by atoms with Crippen LogP contribution in [0.15, 0.2) is 59.6 Å². The molecule has 4 rings (SSSR count). The van der Waals surface area contributed by atoms with Gasteiger partial charge in [0.15, 0.2) is 4.75 Å². The molecule has 2 unspecified atom stereocenters. The molecule has 0 saturated heterocycles. The van der Waals surface area contributed by atoms with Crippen LogP contribution in [0.5, 0.6) is 5.75 Å². The van der Waals surface area contributed by atoms with Crippen molar-refractivity contribution in [2.45, 2.75) is 55.8 Å². The third-order valence-corrected chi connectivity index (χ3v) is 7.45. The standard InChI is InChI=1S/C23H27NO2S/c1-3-4-5-9-14-26-20-13-12-18-15-22-24(21(18)16-20)17-23(2,27(22)25)19-10-7-6-8-11-19/h6-8,10-13,15-16H,3-5,9,14,17H2,1-2H3. The van der Waals surface area contributed by atoms with E-state index in [2.05, 4.69) is 48.7 Å². The fourth-order valence-corrected chi connectivity index (χ4v) is 5.57. The van der Waals surface area contributed by atoms with Crippen molar-refractivity contribution in [3.8, 4) is 5.75 Å². The number of unbranched alkanes of at least 4 members (excludes halogenated alkanes) is 3. The molecule has 0 bridgehead atoms. The minimum absolute atomic E-state index is 0.387. The summed E-state index contributed by atoms with van der Waals surface area (Å²) in [6, 6.07) is 18.5. The summed E-state index contributed by atoms with van der Waals surface area (Å²) in [4.78, 5) is 0. The zero-order valence-corrected chi connectivity index (χ0v) is 16.9. The van der Waals surface area contributed by atoms with E-state index in [1.54, 1.807) is 0 Å². The van der Waals surface area contributed by atoms with Gasteiger partial charge in [-0.2, -0.15) is 0 Å². The molecule has 1 aromatic heterocycles. The monoisotopic (exact) mass is 381 g/mol. The smallest absolute Gasteiger partial charge is 0.227 e. The normalized spacial score (nSPS) is 21.5. The molecule has 142 valence electrons. The van der Waals surface area contributed by atoms with Crippen LogP contribution in [0.4, 0.5) is 0 Å². The molecule has 1 aliphatic heterocycles. The van der Waals surface area contributed by atoms with E-state index in [1.807, 2.05) is 24.3 Å². The molecule has 0 spiro atoms. The maximum absolute atomic E-state index is 13.3. The van der Waals surface area contributed by atoms with Gasteiger partial charge in [-0.15, -0.1) is 0 Å². The molecular formula is C23H27NO2S. The zero-order valence-electron chi connectivity index (χ0n) is 16.1. The van der Waals surface area contributed by atoms with Crippen molar-refractivity contribution in [2.24, 2.45) is 0 Å². The molecular weight excluding hydrogens is 354 g/mol.